The largest absolute Gasteiger partial charge is 0.494 e. The lowest BCUT2D eigenvalue weighted by molar-refractivity contribution is 0.101. The Kier molecular flexibility index (Phi) is 9.68. The van der Waals surface area contributed by atoms with Crippen LogP contribution < -0.4 is 4.74 Å². The lowest BCUT2D eigenvalue weighted by Crippen LogP contribution is -1.97. The number of hydrogen-bond acceptors (Lipinski definition) is 2. The number of benzene rings is 2. The van der Waals surface area contributed by atoms with Crippen LogP contribution in [0.3, 0.4) is 0 Å². The van der Waals surface area contributed by atoms with Gasteiger partial charge in [-0.3, -0.25) is 4.79 Å². The van der Waals surface area contributed by atoms with Crippen molar-refractivity contribution in [1.29, 1.82) is 0 Å². The Labute approximate surface area is 165 Å². The Hall–Kier alpha value is -2.09. The summed E-state index contributed by atoms with van der Waals surface area (Å²) in [6.45, 7) is 4.65. The van der Waals surface area contributed by atoms with Crippen molar-refractivity contribution >= 4 is 5.78 Å². The lowest BCUT2D eigenvalue weighted by Gasteiger charge is -2.08. The molecule has 0 saturated carbocycles. The Balaban J connectivity index is 1.63. The van der Waals surface area contributed by atoms with Crippen molar-refractivity contribution in [1.82, 2.24) is 0 Å². The average Bonchev–Trinajstić information content (AvgIpc) is 2.70. The molecular weight excluding hydrogens is 332 g/mol. The first-order valence-electron chi connectivity index (χ1n) is 10.5. The van der Waals surface area contributed by atoms with Crippen molar-refractivity contribution in [3.05, 3.63) is 54.1 Å². The van der Waals surface area contributed by atoms with Crippen LogP contribution in [-0.4, -0.2) is 12.4 Å². The number of ether oxygens (including phenoxy) is 1. The summed E-state index contributed by atoms with van der Waals surface area (Å²) in [7, 11) is 0. The van der Waals surface area contributed by atoms with E-state index < -0.39 is 0 Å². The summed E-state index contributed by atoms with van der Waals surface area (Å²) in [6, 6.07) is 16.0. The highest BCUT2D eigenvalue weighted by atomic mass is 16.5. The molecule has 0 spiro atoms. The standard InChI is InChI=1S/C25H34O2/c1-3-4-5-6-7-8-9-10-11-20-27-25-18-16-24(17-19-25)23-14-12-22(13-15-23)21(2)26/h12-19H,3-11,20H2,1-2H3. The zero-order chi connectivity index (χ0) is 19.3. The Bertz CT molecular complexity index is 656. The smallest absolute Gasteiger partial charge is 0.159 e. The van der Waals surface area contributed by atoms with Crippen molar-refractivity contribution in [2.75, 3.05) is 6.61 Å². The maximum Gasteiger partial charge on any atom is 0.159 e. The van der Waals surface area contributed by atoms with Gasteiger partial charge < -0.3 is 4.74 Å². The number of carbonyl (C=O) groups is 1. The number of ketones is 1. The number of hydrogen-bond donors (Lipinski definition) is 0. The molecule has 2 heteroatoms. The van der Waals surface area contributed by atoms with E-state index in [2.05, 4.69) is 19.1 Å². The maximum absolute atomic E-state index is 11.4. The molecule has 0 bridgehead atoms. The van der Waals surface area contributed by atoms with Gasteiger partial charge in [0.2, 0.25) is 0 Å². The van der Waals surface area contributed by atoms with Gasteiger partial charge in [0.05, 0.1) is 6.61 Å². The predicted octanol–water partition coefficient (Wildman–Crippen LogP) is 7.47. The Morgan fingerprint density at radius 3 is 1.70 bits per heavy atom. The highest BCUT2D eigenvalue weighted by Crippen LogP contribution is 2.23. The molecule has 0 radical (unpaired) electrons. The van der Waals surface area contributed by atoms with E-state index in [1.54, 1.807) is 6.92 Å². The van der Waals surface area contributed by atoms with Crippen molar-refractivity contribution in [2.24, 2.45) is 0 Å². The summed E-state index contributed by atoms with van der Waals surface area (Å²) in [5.41, 5.74) is 3.01. The van der Waals surface area contributed by atoms with E-state index in [1.165, 1.54) is 51.4 Å². The van der Waals surface area contributed by atoms with Gasteiger partial charge in [-0.15, -0.1) is 0 Å². The first kappa shape index (κ1) is 21.2. The summed E-state index contributed by atoms with van der Waals surface area (Å²) in [6.07, 6.45) is 12.0. The molecule has 0 aliphatic carbocycles. The quantitative estimate of drug-likeness (QED) is 0.271. The molecule has 27 heavy (non-hydrogen) atoms. The van der Waals surface area contributed by atoms with Gasteiger partial charge in [-0.05, 0) is 36.6 Å². The molecule has 0 aliphatic rings. The predicted molar refractivity (Wildman–Crippen MR) is 115 cm³/mol. The zero-order valence-corrected chi connectivity index (χ0v) is 17.0. The fraction of sp³-hybridized carbons (Fsp3) is 0.480. The second kappa shape index (κ2) is 12.3. The number of Topliss-reactive ketones (excluding diaryl/α,β-unsaturated/α-hetero) is 1. The van der Waals surface area contributed by atoms with Crippen LogP contribution in [0.4, 0.5) is 0 Å². The molecule has 0 aromatic heterocycles. The summed E-state index contributed by atoms with van der Waals surface area (Å²) in [5.74, 6) is 1.03. The van der Waals surface area contributed by atoms with E-state index in [1.807, 2.05) is 36.4 Å². The van der Waals surface area contributed by atoms with Crippen LogP contribution in [0.1, 0.15) is 82.0 Å². The Morgan fingerprint density at radius 2 is 1.19 bits per heavy atom. The summed E-state index contributed by atoms with van der Waals surface area (Å²) < 4.78 is 5.86. The molecule has 0 fully saturated rings. The van der Waals surface area contributed by atoms with Gasteiger partial charge in [0.25, 0.3) is 0 Å². The minimum absolute atomic E-state index is 0.0989. The van der Waals surface area contributed by atoms with E-state index in [4.69, 9.17) is 4.74 Å². The Morgan fingerprint density at radius 1 is 0.704 bits per heavy atom. The minimum atomic E-state index is 0.0989. The van der Waals surface area contributed by atoms with E-state index >= 15 is 0 Å². The van der Waals surface area contributed by atoms with Gasteiger partial charge in [-0.1, -0.05) is 94.7 Å². The van der Waals surface area contributed by atoms with Crippen LogP contribution >= 0.6 is 0 Å². The third-order valence-electron chi connectivity index (χ3n) is 5.00. The molecule has 2 rings (SSSR count). The van der Waals surface area contributed by atoms with Crippen LogP contribution in [0.2, 0.25) is 0 Å². The van der Waals surface area contributed by atoms with Crippen molar-refractivity contribution in [2.45, 2.75) is 71.6 Å². The first-order valence-corrected chi connectivity index (χ1v) is 10.5. The van der Waals surface area contributed by atoms with Gasteiger partial charge in [0, 0.05) is 5.56 Å². The fourth-order valence-electron chi connectivity index (χ4n) is 3.24. The second-order valence-corrected chi connectivity index (χ2v) is 7.33. The van der Waals surface area contributed by atoms with Gasteiger partial charge >= 0.3 is 0 Å². The van der Waals surface area contributed by atoms with Crippen LogP contribution in [0.25, 0.3) is 11.1 Å². The number of carbonyl (C=O) groups excluding carboxylic acids is 1. The van der Waals surface area contributed by atoms with Crippen LogP contribution in [0.5, 0.6) is 5.75 Å². The molecular formula is C25H34O2. The molecule has 0 amide bonds. The second-order valence-electron chi connectivity index (χ2n) is 7.33. The van der Waals surface area contributed by atoms with E-state index in [0.29, 0.717) is 0 Å². The highest BCUT2D eigenvalue weighted by Gasteiger charge is 2.02. The number of unbranched alkanes of at least 4 members (excludes halogenated alkanes) is 8. The molecule has 0 aliphatic heterocycles. The third-order valence-corrected chi connectivity index (χ3v) is 5.00. The fourth-order valence-corrected chi connectivity index (χ4v) is 3.24. The molecule has 0 atom stereocenters. The van der Waals surface area contributed by atoms with Crippen molar-refractivity contribution in [3.8, 4) is 16.9 Å². The van der Waals surface area contributed by atoms with E-state index in [9.17, 15) is 4.79 Å². The maximum atomic E-state index is 11.4. The molecule has 0 unspecified atom stereocenters. The summed E-state index contributed by atoms with van der Waals surface area (Å²) in [5, 5.41) is 0. The van der Waals surface area contributed by atoms with E-state index in [0.717, 1.165) is 35.5 Å². The summed E-state index contributed by atoms with van der Waals surface area (Å²) >= 11 is 0. The molecule has 0 N–H and O–H groups in total. The van der Waals surface area contributed by atoms with Crippen LogP contribution in [0.15, 0.2) is 48.5 Å². The zero-order valence-electron chi connectivity index (χ0n) is 17.0. The van der Waals surface area contributed by atoms with Gasteiger partial charge in [0.15, 0.2) is 5.78 Å². The average molecular weight is 367 g/mol. The number of rotatable bonds is 13. The SMILES string of the molecule is CCCCCCCCCCCOc1ccc(-c2ccc(C(C)=O)cc2)cc1. The van der Waals surface area contributed by atoms with Crippen molar-refractivity contribution in [3.63, 3.8) is 0 Å². The highest BCUT2D eigenvalue weighted by molar-refractivity contribution is 5.94. The molecule has 0 heterocycles. The van der Waals surface area contributed by atoms with E-state index in [-0.39, 0.29) is 5.78 Å². The monoisotopic (exact) mass is 366 g/mol. The van der Waals surface area contributed by atoms with Crippen LogP contribution in [0, 0.1) is 0 Å². The van der Waals surface area contributed by atoms with Gasteiger partial charge in [0.1, 0.15) is 5.75 Å². The molecule has 2 aromatic carbocycles. The molecule has 0 saturated heterocycles. The third kappa shape index (κ3) is 7.99. The van der Waals surface area contributed by atoms with Crippen LogP contribution in [-0.2, 0) is 0 Å². The topological polar surface area (TPSA) is 26.3 Å². The lowest BCUT2D eigenvalue weighted by atomic mass is 10.0. The molecule has 2 aromatic rings. The molecule has 2 nitrogen and oxygen atoms in total. The van der Waals surface area contributed by atoms with Gasteiger partial charge in [-0.25, -0.2) is 0 Å². The first-order chi connectivity index (χ1) is 13.2. The van der Waals surface area contributed by atoms with Crippen molar-refractivity contribution < 1.29 is 9.53 Å². The molecule has 146 valence electrons. The normalized spacial score (nSPS) is 10.7. The minimum Gasteiger partial charge on any atom is -0.494 e. The summed E-state index contributed by atoms with van der Waals surface area (Å²) in [4.78, 5) is 11.4. The van der Waals surface area contributed by atoms with Gasteiger partial charge in [-0.2, -0.15) is 0 Å².